The first-order valence-corrected chi connectivity index (χ1v) is 6.29. The quantitative estimate of drug-likeness (QED) is 0.902. The molecule has 1 aliphatic rings. The van der Waals surface area contributed by atoms with E-state index in [0.717, 1.165) is 4.47 Å². The van der Waals surface area contributed by atoms with Gasteiger partial charge in [0.1, 0.15) is 0 Å². The Kier molecular flexibility index (Phi) is 5.29. The Hall–Kier alpha value is -0.720. The van der Waals surface area contributed by atoms with Crippen molar-refractivity contribution in [2.75, 3.05) is 13.1 Å². The number of nitrogens with zero attached hydrogens (tertiary/aromatic N) is 1. The molecule has 0 unspecified atom stereocenters. The topological polar surface area (TPSA) is 40.5 Å². The minimum Gasteiger partial charge on any atom is -0.478 e. The van der Waals surface area contributed by atoms with Crippen LogP contribution in [0.25, 0.3) is 0 Å². The van der Waals surface area contributed by atoms with E-state index in [1.54, 1.807) is 17.0 Å². The summed E-state index contributed by atoms with van der Waals surface area (Å²) in [5, 5.41) is 9.05. The van der Waals surface area contributed by atoms with Gasteiger partial charge < -0.3 is 5.11 Å². The molecular weight excluding hydrogens is 343 g/mol. The molecule has 2 rings (SSSR count). The number of carboxylic acids is 1. The highest BCUT2D eigenvalue weighted by atomic mass is 79.9. The van der Waals surface area contributed by atoms with E-state index in [1.165, 1.54) is 6.07 Å². The van der Waals surface area contributed by atoms with Gasteiger partial charge in [0.15, 0.2) is 0 Å². The number of alkyl halides is 2. The van der Waals surface area contributed by atoms with E-state index in [0.29, 0.717) is 12.1 Å². The molecule has 1 aromatic carbocycles. The average Bonchev–Trinajstić information content (AvgIpc) is 2.57. The second-order valence-corrected chi connectivity index (χ2v) is 5.34. The van der Waals surface area contributed by atoms with Crippen molar-refractivity contribution in [2.24, 2.45) is 0 Å². The summed E-state index contributed by atoms with van der Waals surface area (Å²) in [6.07, 6.45) is -0.163. The van der Waals surface area contributed by atoms with Crippen molar-refractivity contribution in [1.82, 2.24) is 4.90 Å². The Morgan fingerprint density at radius 1 is 1.47 bits per heavy atom. The van der Waals surface area contributed by atoms with Gasteiger partial charge in [-0.25, -0.2) is 13.6 Å². The summed E-state index contributed by atoms with van der Waals surface area (Å²) in [6, 6.07) is 4.78. The van der Waals surface area contributed by atoms with Crippen LogP contribution in [0.5, 0.6) is 0 Å². The number of halogens is 4. The zero-order valence-corrected chi connectivity index (χ0v) is 12.3. The highest BCUT2D eigenvalue weighted by Crippen LogP contribution is 2.29. The molecule has 3 nitrogen and oxygen atoms in total. The average molecular weight is 357 g/mol. The van der Waals surface area contributed by atoms with Crippen LogP contribution in [0.15, 0.2) is 22.7 Å². The van der Waals surface area contributed by atoms with Crippen LogP contribution in [0.4, 0.5) is 8.78 Å². The van der Waals surface area contributed by atoms with Gasteiger partial charge in [-0.05, 0) is 23.8 Å². The number of carbonyl (C=O) groups is 1. The van der Waals surface area contributed by atoms with Gasteiger partial charge in [0, 0.05) is 24.0 Å². The highest BCUT2D eigenvalue weighted by Gasteiger charge is 2.38. The molecule has 0 amide bonds. The predicted octanol–water partition coefficient (Wildman–Crippen LogP) is 3.41. The number of hydrogen-bond acceptors (Lipinski definition) is 2. The lowest BCUT2D eigenvalue weighted by molar-refractivity contribution is 0.0115. The maximum absolute atomic E-state index is 13.1. The normalized spacial score (nSPS) is 18.1. The highest BCUT2D eigenvalue weighted by molar-refractivity contribution is 9.10. The molecule has 0 bridgehead atoms. The summed E-state index contributed by atoms with van der Waals surface area (Å²) in [7, 11) is 0. The van der Waals surface area contributed by atoms with Gasteiger partial charge in [-0.2, -0.15) is 0 Å². The maximum Gasteiger partial charge on any atom is 0.336 e. The van der Waals surface area contributed by atoms with Crippen LogP contribution in [-0.4, -0.2) is 35.0 Å². The molecule has 0 radical (unpaired) electrons. The maximum atomic E-state index is 13.1. The van der Waals surface area contributed by atoms with E-state index in [4.69, 9.17) is 5.11 Å². The first-order valence-electron chi connectivity index (χ1n) is 5.49. The molecule has 1 heterocycles. The van der Waals surface area contributed by atoms with Gasteiger partial charge >= 0.3 is 5.97 Å². The SMILES string of the molecule is Cl.O=C(O)c1ccc(Br)cc1CN1CCC(F)(F)C1. The fourth-order valence-electron chi connectivity index (χ4n) is 2.08. The van der Waals surface area contributed by atoms with Crippen molar-refractivity contribution in [3.05, 3.63) is 33.8 Å². The predicted molar refractivity (Wildman–Crippen MR) is 73.2 cm³/mol. The third-order valence-electron chi connectivity index (χ3n) is 2.94. The molecule has 0 aromatic heterocycles. The molecule has 106 valence electrons. The molecule has 1 aliphatic heterocycles. The number of rotatable bonds is 3. The van der Waals surface area contributed by atoms with E-state index in [-0.39, 0.29) is 37.5 Å². The van der Waals surface area contributed by atoms with E-state index < -0.39 is 11.9 Å². The van der Waals surface area contributed by atoms with Crippen molar-refractivity contribution in [2.45, 2.75) is 18.9 Å². The summed E-state index contributed by atoms with van der Waals surface area (Å²) in [4.78, 5) is 12.6. The molecule has 0 atom stereocenters. The minimum absolute atomic E-state index is 0. The number of hydrogen-bond donors (Lipinski definition) is 1. The molecule has 19 heavy (non-hydrogen) atoms. The van der Waals surface area contributed by atoms with Crippen LogP contribution in [0.2, 0.25) is 0 Å². The molecule has 1 N–H and O–H groups in total. The lowest BCUT2D eigenvalue weighted by Gasteiger charge is -2.17. The van der Waals surface area contributed by atoms with Crippen molar-refractivity contribution >= 4 is 34.3 Å². The standard InChI is InChI=1S/C12H12BrF2NO2.ClH/c13-9-1-2-10(11(17)18)8(5-9)6-16-4-3-12(14,15)7-16;/h1-2,5H,3-4,6-7H2,(H,17,18);1H. The first kappa shape index (κ1) is 16.3. The van der Waals surface area contributed by atoms with Crippen molar-refractivity contribution in [1.29, 1.82) is 0 Å². The van der Waals surface area contributed by atoms with Crippen LogP contribution < -0.4 is 0 Å². The van der Waals surface area contributed by atoms with Crippen LogP contribution in [0.1, 0.15) is 22.3 Å². The fourth-order valence-corrected chi connectivity index (χ4v) is 2.49. The monoisotopic (exact) mass is 355 g/mol. The number of likely N-dealkylation sites (tertiary alicyclic amines) is 1. The lowest BCUT2D eigenvalue weighted by Crippen LogP contribution is -2.25. The van der Waals surface area contributed by atoms with Crippen molar-refractivity contribution < 1.29 is 18.7 Å². The Morgan fingerprint density at radius 3 is 2.68 bits per heavy atom. The number of aromatic carboxylic acids is 1. The third-order valence-corrected chi connectivity index (χ3v) is 3.43. The molecular formula is C12H13BrClF2NO2. The second kappa shape index (κ2) is 6.15. The minimum atomic E-state index is -2.66. The van der Waals surface area contributed by atoms with Gasteiger partial charge in [-0.3, -0.25) is 4.90 Å². The van der Waals surface area contributed by atoms with Crippen LogP contribution in [0, 0.1) is 0 Å². The molecule has 0 saturated carbocycles. The van der Waals surface area contributed by atoms with Gasteiger partial charge in [-0.1, -0.05) is 15.9 Å². The van der Waals surface area contributed by atoms with E-state index >= 15 is 0 Å². The molecule has 1 aromatic rings. The number of benzene rings is 1. The Morgan fingerprint density at radius 2 is 2.16 bits per heavy atom. The van der Waals surface area contributed by atoms with E-state index in [1.807, 2.05) is 0 Å². The van der Waals surface area contributed by atoms with Gasteiger partial charge in [0.25, 0.3) is 5.92 Å². The summed E-state index contributed by atoms with van der Waals surface area (Å²) in [5.41, 5.74) is 0.711. The molecule has 7 heteroatoms. The van der Waals surface area contributed by atoms with E-state index in [2.05, 4.69) is 15.9 Å². The Bertz CT molecular complexity index is 485. The second-order valence-electron chi connectivity index (χ2n) is 4.42. The Labute approximate surface area is 124 Å². The largest absolute Gasteiger partial charge is 0.478 e. The van der Waals surface area contributed by atoms with Gasteiger partial charge in [0.2, 0.25) is 0 Å². The summed E-state index contributed by atoms with van der Waals surface area (Å²) < 4.78 is 26.9. The summed E-state index contributed by atoms with van der Waals surface area (Å²) in [6.45, 7) is 0.216. The molecule has 0 aliphatic carbocycles. The summed E-state index contributed by atoms with van der Waals surface area (Å²) >= 11 is 3.26. The zero-order valence-electron chi connectivity index (χ0n) is 9.91. The zero-order chi connectivity index (χ0) is 13.3. The van der Waals surface area contributed by atoms with Crippen LogP contribution >= 0.6 is 28.3 Å². The van der Waals surface area contributed by atoms with E-state index in [9.17, 15) is 13.6 Å². The van der Waals surface area contributed by atoms with Crippen LogP contribution in [-0.2, 0) is 6.54 Å². The Balaban J connectivity index is 0.00000180. The molecule has 1 fully saturated rings. The molecule has 0 spiro atoms. The van der Waals surface area contributed by atoms with Gasteiger partial charge in [-0.15, -0.1) is 12.4 Å². The fraction of sp³-hybridized carbons (Fsp3) is 0.417. The van der Waals surface area contributed by atoms with Gasteiger partial charge in [0.05, 0.1) is 12.1 Å². The van der Waals surface area contributed by atoms with Crippen molar-refractivity contribution in [3.63, 3.8) is 0 Å². The molecule has 1 saturated heterocycles. The lowest BCUT2D eigenvalue weighted by atomic mass is 10.1. The number of carboxylic acid groups (broad SMARTS) is 1. The van der Waals surface area contributed by atoms with Crippen LogP contribution in [0.3, 0.4) is 0 Å². The smallest absolute Gasteiger partial charge is 0.336 e. The summed E-state index contributed by atoms with van der Waals surface area (Å²) in [5.74, 6) is -3.70. The van der Waals surface area contributed by atoms with Crippen molar-refractivity contribution in [3.8, 4) is 0 Å². The first-order chi connectivity index (χ1) is 8.37. The third kappa shape index (κ3) is 4.12.